The molecule has 3 heterocycles. The van der Waals surface area contributed by atoms with Crippen molar-refractivity contribution in [3.63, 3.8) is 0 Å². The highest BCUT2D eigenvalue weighted by molar-refractivity contribution is 7.10. The molecule has 1 saturated heterocycles. The number of carbonyl (C=O) groups is 2. The minimum absolute atomic E-state index is 0.0471. The molecule has 5 rings (SSSR count). The SMILES string of the molecule is Cc1ccc(NC(=O)N(CCN2CCOCC2)CC(=O)N2CCc3sccc3C2COc2ccc(F)cc2)cc1. The van der Waals surface area contributed by atoms with Gasteiger partial charge < -0.3 is 24.6 Å². The zero-order valence-electron chi connectivity index (χ0n) is 22.7. The Kier molecular flexibility index (Phi) is 9.30. The molecule has 0 saturated carbocycles. The number of morpholine rings is 1. The third-order valence-corrected chi connectivity index (χ3v) is 8.34. The number of anilines is 1. The number of halogens is 1. The van der Waals surface area contributed by atoms with Crippen LogP contribution in [0.2, 0.25) is 0 Å². The van der Waals surface area contributed by atoms with Gasteiger partial charge in [-0.3, -0.25) is 9.69 Å². The van der Waals surface area contributed by atoms with E-state index < -0.39 is 0 Å². The first-order valence-corrected chi connectivity index (χ1v) is 14.5. The molecule has 212 valence electrons. The number of urea groups is 1. The van der Waals surface area contributed by atoms with Crippen molar-refractivity contribution in [1.29, 1.82) is 0 Å². The van der Waals surface area contributed by atoms with Gasteiger partial charge >= 0.3 is 6.03 Å². The Hall–Kier alpha value is -3.47. The fourth-order valence-corrected chi connectivity index (χ4v) is 5.94. The summed E-state index contributed by atoms with van der Waals surface area (Å²) in [4.78, 5) is 34.1. The van der Waals surface area contributed by atoms with E-state index in [1.807, 2.05) is 47.5 Å². The van der Waals surface area contributed by atoms with Gasteiger partial charge in [0.15, 0.2) is 0 Å². The zero-order valence-corrected chi connectivity index (χ0v) is 23.5. The third-order valence-electron chi connectivity index (χ3n) is 7.34. The Morgan fingerprint density at radius 2 is 1.82 bits per heavy atom. The molecule has 8 nitrogen and oxygen atoms in total. The van der Waals surface area contributed by atoms with Crippen molar-refractivity contribution in [2.24, 2.45) is 0 Å². The molecule has 0 spiro atoms. The van der Waals surface area contributed by atoms with Crippen LogP contribution in [0.15, 0.2) is 60.0 Å². The van der Waals surface area contributed by atoms with Crippen molar-refractivity contribution in [1.82, 2.24) is 14.7 Å². The fourth-order valence-electron chi connectivity index (χ4n) is 5.01. The minimum Gasteiger partial charge on any atom is -0.491 e. The maximum Gasteiger partial charge on any atom is 0.322 e. The van der Waals surface area contributed by atoms with Gasteiger partial charge in [0.25, 0.3) is 0 Å². The highest BCUT2D eigenvalue weighted by Crippen LogP contribution is 2.34. The Bertz CT molecular complexity index is 1280. The van der Waals surface area contributed by atoms with Crippen molar-refractivity contribution in [3.8, 4) is 5.75 Å². The van der Waals surface area contributed by atoms with Crippen LogP contribution in [0.4, 0.5) is 14.9 Å². The second-order valence-electron chi connectivity index (χ2n) is 10.1. The molecule has 3 aromatic rings. The summed E-state index contributed by atoms with van der Waals surface area (Å²) in [5.41, 5.74) is 2.85. The Morgan fingerprint density at radius 1 is 1.07 bits per heavy atom. The van der Waals surface area contributed by atoms with Gasteiger partial charge in [-0.25, -0.2) is 9.18 Å². The number of benzene rings is 2. The van der Waals surface area contributed by atoms with Gasteiger partial charge in [-0.2, -0.15) is 0 Å². The van der Waals surface area contributed by atoms with Crippen molar-refractivity contribution in [2.75, 3.05) is 64.4 Å². The lowest BCUT2D eigenvalue weighted by Gasteiger charge is -2.37. The summed E-state index contributed by atoms with van der Waals surface area (Å²) in [5.74, 6) is 0.0781. The molecule has 1 unspecified atom stereocenters. The van der Waals surface area contributed by atoms with E-state index in [0.717, 1.165) is 30.6 Å². The van der Waals surface area contributed by atoms with Crippen molar-refractivity contribution in [2.45, 2.75) is 19.4 Å². The number of thiophene rings is 1. The topological polar surface area (TPSA) is 74.4 Å². The monoisotopic (exact) mass is 566 g/mol. The summed E-state index contributed by atoms with van der Waals surface area (Å²) in [7, 11) is 0. The summed E-state index contributed by atoms with van der Waals surface area (Å²) in [5, 5.41) is 4.99. The maximum absolute atomic E-state index is 13.8. The average molecular weight is 567 g/mol. The molecular formula is C30H35FN4O4S. The van der Waals surface area contributed by atoms with Gasteiger partial charge in [0, 0.05) is 43.3 Å². The number of hydrogen-bond acceptors (Lipinski definition) is 6. The van der Waals surface area contributed by atoms with E-state index in [4.69, 9.17) is 9.47 Å². The first-order valence-electron chi connectivity index (χ1n) is 13.6. The number of nitrogens with one attached hydrogen (secondary N) is 1. The maximum atomic E-state index is 13.8. The molecule has 0 bridgehead atoms. The van der Waals surface area contributed by atoms with Crippen LogP contribution in [0, 0.1) is 12.7 Å². The third kappa shape index (κ3) is 7.18. The summed E-state index contributed by atoms with van der Waals surface area (Å²) in [6.07, 6.45) is 0.759. The van der Waals surface area contributed by atoms with Crippen LogP contribution in [0.3, 0.4) is 0 Å². The molecule has 2 aliphatic heterocycles. The Morgan fingerprint density at radius 3 is 2.58 bits per heavy atom. The summed E-state index contributed by atoms with van der Waals surface area (Å²) >= 11 is 1.68. The number of rotatable bonds is 9. The molecule has 2 aromatic carbocycles. The van der Waals surface area contributed by atoms with E-state index in [2.05, 4.69) is 10.2 Å². The summed E-state index contributed by atoms with van der Waals surface area (Å²) < 4.78 is 24.8. The van der Waals surface area contributed by atoms with E-state index in [1.54, 1.807) is 28.4 Å². The number of carbonyl (C=O) groups excluding carboxylic acids is 2. The Labute approximate surface area is 238 Å². The number of ether oxygens (including phenoxy) is 2. The van der Waals surface area contributed by atoms with Crippen LogP contribution in [-0.4, -0.2) is 85.7 Å². The van der Waals surface area contributed by atoms with E-state index in [9.17, 15) is 14.0 Å². The smallest absolute Gasteiger partial charge is 0.322 e. The lowest BCUT2D eigenvalue weighted by atomic mass is 10.0. The molecule has 3 amide bonds. The molecule has 0 radical (unpaired) electrons. The minimum atomic E-state index is -0.331. The van der Waals surface area contributed by atoms with Gasteiger partial charge in [0.2, 0.25) is 5.91 Å². The molecule has 1 N–H and O–H groups in total. The van der Waals surface area contributed by atoms with Gasteiger partial charge in [-0.05, 0) is 66.8 Å². The van der Waals surface area contributed by atoms with E-state index in [-0.39, 0.29) is 36.9 Å². The quantitative estimate of drug-likeness (QED) is 0.411. The number of hydrogen-bond donors (Lipinski definition) is 1. The average Bonchev–Trinajstić information content (AvgIpc) is 3.46. The van der Waals surface area contributed by atoms with Gasteiger partial charge in [-0.15, -0.1) is 11.3 Å². The number of fused-ring (bicyclic) bond motifs is 1. The largest absolute Gasteiger partial charge is 0.491 e. The predicted molar refractivity (Wildman–Crippen MR) is 153 cm³/mol. The van der Waals surface area contributed by atoms with Crippen LogP contribution >= 0.6 is 11.3 Å². The highest BCUT2D eigenvalue weighted by atomic mass is 32.1. The van der Waals surface area contributed by atoms with E-state index in [0.29, 0.717) is 44.3 Å². The van der Waals surface area contributed by atoms with Gasteiger partial charge in [0.05, 0.1) is 19.3 Å². The molecule has 1 atom stereocenters. The summed E-state index contributed by atoms with van der Waals surface area (Å²) in [6, 6.07) is 14.9. The molecule has 1 aromatic heterocycles. The number of amides is 3. The van der Waals surface area contributed by atoms with Crippen LogP contribution in [0.1, 0.15) is 22.0 Å². The molecular weight excluding hydrogens is 531 g/mol. The normalized spacial score (nSPS) is 17.2. The second kappa shape index (κ2) is 13.3. The lowest BCUT2D eigenvalue weighted by molar-refractivity contribution is -0.135. The van der Waals surface area contributed by atoms with Crippen LogP contribution in [0.5, 0.6) is 5.75 Å². The molecule has 40 heavy (non-hydrogen) atoms. The van der Waals surface area contributed by atoms with Gasteiger partial charge in [0.1, 0.15) is 24.7 Å². The summed E-state index contributed by atoms with van der Waals surface area (Å²) in [6.45, 7) is 6.74. The Balaban J connectivity index is 1.30. The standard InChI is InChI=1S/C30H35FN4O4S/c1-22-2-6-24(7-3-22)32-30(37)34(14-13-33-15-17-38-18-16-33)20-29(36)35-12-10-28-26(11-19-40-28)27(35)21-39-25-8-4-23(31)5-9-25/h2-9,11,19,27H,10,12-18,20-21H2,1H3,(H,32,37). The number of nitrogens with zero attached hydrogens (tertiary/aromatic N) is 3. The van der Waals surface area contributed by atoms with E-state index >= 15 is 0 Å². The zero-order chi connectivity index (χ0) is 27.9. The first-order chi connectivity index (χ1) is 19.5. The van der Waals surface area contributed by atoms with Crippen molar-refractivity contribution >= 4 is 29.0 Å². The van der Waals surface area contributed by atoms with Crippen LogP contribution in [-0.2, 0) is 16.0 Å². The molecule has 10 heteroatoms. The molecule has 1 fully saturated rings. The first kappa shape index (κ1) is 28.1. The highest BCUT2D eigenvalue weighted by Gasteiger charge is 2.33. The second-order valence-corrected chi connectivity index (χ2v) is 11.1. The lowest BCUT2D eigenvalue weighted by Crippen LogP contribution is -2.50. The van der Waals surface area contributed by atoms with Crippen LogP contribution < -0.4 is 10.1 Å². The molecule has 2 aliphatic rings. The van der Waals surface area contributed by atoms with Gasteiger partial charge in [-0.1, -0.05) is 17.7 Å². The fraction of sp³-hybridized carbons (Fsp3) is 0.400. The van der Waals surface area contributed by atoms with E-state index in [1.165, 1.54) is 17.0 Å². The van der Waals surface area contributed by atoms with Crippen LogP contribution in [0.25, 0.3) is 0 Å². The van der Waals surface area contributed by atoms with Crippen molar-refractivity contribution in [3.05, 3.63) is 81.8 Å². The number of aryl methyl sites for hydroxylation is 1. The van der Waals surface area contributed by atoms with Crippen molar-refractivity contribution < 1.29 is 23.5 Å². The predicted octanol–water partition coefficient (Wildman–Crippen LogP) is 4.57. The molecule has 0 aliphatic carbocycles.